The van der Waals surface area contributed by atoms with Crippen LogP contribution in [0, 0.1) is 0 Å². The summed E-state index contributed by atoms with van der Waals surface area (Å²) in [5.41, 5.74) is 4.00. The summed E-state index contributed by atoms with van der Waals surface area (Å²) in [4.78, 5) is 12.2. The second kappa shape index (κ2) is 3.67. The zero-order valence-electron chi connectivity index (χ0n) is 9.64. The summed E-state index contributed by atoms with van der Waals surface area (Å²) in [6.45, 7) is 3.01. The summed E-state index contributed by atoms with van der Waals surface area (Å²) in [5.74, 6) is 0.0566. The van der Waals surface area contributed by atoms with Gasteiger partial charge in [-0.15, -0.1) is 0 Å². The van der Waals surface area contributed by atoms with Gasteiger partial charge in [0.2, 0.25) is 5.78 Å². The smallest absolute Gasteiger partial charge is 0.213 e. The molecule has 1 fully saturated rings. The molecule has 2 aliphatic heterocycles. The molecule has 1 saturated heterocycles. The lowest BCUT2D eigenvalue weighted by Gasteiger charge is -2.12. The maximum absolute atomic E-state index is 12.2. The van der Waals surface area contributed by atoms with Gasteiger partial charge in [-0.2, -0.15) is 5.10 Å². The SMILES string of the molecule is C[C@@]1(C(=O)C2=NNC[C@H]2c2ccccc2)CO1. The number of Topliss-reactive ketones (excluding diaryl/α,β-unsaturated/α-hetero) is 1. The molecule has 0 bridgehead atoms. The fraction of sp³-hybridized carbons (Fsp3) is 0.385. The number of carbonyl (C=O) groups excluding carboxylic acids is 1. The van der Waals surface area contributed by atoms with Gasteiger partial charge in [-0.1, -0.05) is 30.3 Å². The fourth-order valence-corrected chi connectivity index (χ4v) is 2.08. The number of benzene rings is 1. The van der Waals surface area contributed by atoms with E-state index in [9.17, 15) is 4.79 Å². The zero-order valence-corrected chi connectivity index (χ0v) is 9.64. The van der Waals surface area contributed by atoms with Crippen molar-refractivity contribution in [2.75, 3.05) is 13.2 Å². The summed E-state index contributed by atoms with van der Waals surface area (Å²) >= 11 is 0. The molecule has 2 atom stereocenters. The Hall–Kier alpha value is -1.68. The molecule has 3 rings (SSSR count). The highest BCUT2D eigenvalue weighted by Crippen LogP contribution is 2.31. The molecular formula is C13H14N2O2. The lowest BCUT2D eigenvalue weighted by atomic mass is 9.89. The van der Waals surface area contributed by atoms with Crippen LogP contribution in [0.5, 0.6) is 0 Å². The quantitative estimate of drug-likeness (QED) is 0.791. The summed E-state index contributed by atoms with van der Waals surface area (Å²) < 4.78 is 5.20. The van der Waals surface area contributed by atoms with E-state index in [2.05, 4.69) is 10.5 Å². The zero-order chi connectivity index (χ0) is 11.9. The van der Waals surface area contributed by atoms with Gasteiger partial charge in [0.1, 0.15) is 5.71 Å². The van der Waals surface area contributed by atoms with Gasteiger partial charge < -0.3 is 10.2 Å². The molecule has 0 spiro atoms. The second-order valence-corrected chi connectivity index (χ2v) is 4.67. The van der Waals surface area contributed by atoms with E-state index >= 15 is 0 Å². The molecule has 0 radical (unpaired) electrons. The number of carbonyl (C=O) groups is 1. The Labute approximate surface area is 99.7 Å². The first-order valence-corrected chi connectivity index (χ1v) is 5.75. The number of hydrazone groups is 1. The molecular weight excluding hydrogens is 216 g/mol. The summed E-state index contributed by atoms with van der Waals surface area (Å²) in [6, 6.07) is 9.97. The number of hydrogen-bond donors (Lipinski definition) is 1. The van der Waals surface area contributed by atoms with Crippen LogP contribution in [0.3, 0.4) is 0 Å². The molecule has 0 unspecified atom stereocenters. The first-order valence-electron chi connectivity index (χ1n) is 5.75. The van der Waals surface area contributed by atoms with Crippen molar-refractivity contribution in [2.45, 2.75) is 18.4 Å². The van der Waals surface area contributed by atoms with E-state index in [1.54, 1.807) is 0 Å². The molecule has 17 heavy (non-hydrogen) atoms. The van der Waals surface area contributed by atoms with Gasteiger partial charge in [-0.25, -0.2) is 0 Å². The third-order valence-electron chi connectivity index (χ3n) is 3.32. The molecule has 2 heterocycles. The van der Waals surface area contributed by atoms with E-state index in [1.807, 2.05) is 37.3 Å². The minimum absolute atomic E-state index is 0.0105. The van der Waals surface area contributed by atoms with Crippen molar-refractivity contribution < 1.29 is 9.53 Å². The average Bonchev–Trinajstić information content (AvgIpc) is 2.95. The molecule has 1 N–H and O–H groups in total. The van der Waals surface area contributed by atoms with E-state index < -0.39 is 5.60 Å². The van der Waals surface area contributed by atoms with Crippen LogP contribution < -0.4 is 5.43 Å². The summed E-state index contributed by atoms with van der Waals surface area (Å²) in [5, 5.41) is 4.14. The lowest BCUT2D eigenvalue weighted by molar-refractivity contribution is -0.117. The van der Waals surface area contributed by atoms with E-state index in [1.165, 1.54) is 0 Å². The van der Waals surface area contributed by atoms with Gasteiger partial charge in [-0.3, -0.25) is 4.79 Å². The van der Waals surface area contributed by atoms with Gasteiger partial charge in [0, 0.05) is 6.54 Å². The van der Waals surface area contributed by atoms with Gasteiger partial charge in [0.15, 0.2) is 5.60 Å². The first kappa shape index (κ1) is 10.5. The highest BCUT2D eigenvalue weighted by Gasteiger charge is 2.51. The average molecular weight is 230 g/mol. The Morgan fingerprint density at radius 2 is 2.18 bits per heavy atom. The van der Waals surface area contributed by atoms with Crippen molar-refractivity contribution >= 4 is 11.5 Å². The van der Waals surface area contributed by atoms with E-state index in [0.717, 1.165) is 5.56 Å². The Balaban J connectivity index is 1.88. The van der Waals surface area contributed by atoms with Crippen LogP contribution in [0.1, 0.15) is 18.4 Å². The Morgan fingerprint density at radius 3 is 2.82 bits per heavy atom. The number of nitrogens with zero attached hydrogens (tertiary/aromatic N) is 1. The predicted octanol–water partition coefficient (Wildman–Crippen LogP) is 1.09. The monoisotopic (exact) mass is 230 g/mol. The largest absolute Gasteiger partial charge is 0.361 e. The molecule has 4 heteroatoms. The van der Waals surface area contributed by atoms with Crippen LogP contribution in [-0.2, 0) is 9.53 Å². The fourth-order valence-electron chi connectivity index (χ4n) is 2.08. The molecule has 0 aliphatic carbocycles. The van der Waals surface area contributed by atoms with Gasteiger partial charge in [-0.05, 0) is 12.5 Å². The van der Waals surface area contributed by atoms with Crippen LogP contribution in [-0.4, -0.2) is 30.2 Å². The van der Waals surface area contributed by atoms with Crippen molar-refractivity contribution in [3.05, 3.63) is 35.9 Å². The number of ketones is 1. The highest BCUT2D eigenvalue weighted by molar-refractivity contribution is 6.45. The van der Waals surface area contributed by atoms with Crippen molar-refractivity contribution in [3.8, 4) is 0 Å². The molecule has 0 saturated carbocycles. The number of epoxide rings is 1. The third kappa shape index (κ3) is 1.74. The molecule has 1 aromatic rings. The maximum atomic E-state index is 12.2. The molecule has 2 aliphatic rings. The molecule has 1 aromatic carbocycles. The van der Waals surface area contributed by atoms with Crippen LogP contribution in [0.25, 0.3) is 0 Å². The van der Waals surface area contributed by atoms with Crippen molar-refractivity contribution in [1.82, 2.24) is 5.43 Å². The minimum atomic E-state index is -0.627. The van der Waals surface area contributed by atoms with E-state index in [-0.39, 0.29) is 11.7 Å². The van der Waals surface area contributed by atoms with Crippen LogP contribution in [0.4, 0.5) is 0 Å². The van der Waals surface area contributed by atoms with Crippen LogP contribution in [0.2, 0.25) is 0 Å². The van der Waals surface area contributed by atoms with Crippen LogP contribution in [0.15, 0.2) is 35.4 Å². The molecule has 0 aromatic heterocycles. The predicted molar refractivity (Wildman–Crippen MR) is 64.0 cm³/mol. The summed E-state index contributed by atoms with van der Waals surface area (Å²) in [7, 11) is 0. The van der Waals surface area contributed by atoms with Gasteiger partial charge in [0.25, 0.3) is 0 Å². The normalized spacial score (nSPS) is 30.6. The Morgan fingerprint density at radius 1 is 1.47 bits per heavy atom. The van der Waals surface area contributed by atoms with Gasteiger partial charge in [0.05, 0.1) is 12.5 Å². The van der Waals surface area contributed by atoms with Gasteiger partial charge >= 0.3 is 0 Å². The first-order chi connectivity index (χ1) is 8.21. The number of rotatable bonds is 3. The number of hydrogen-bond acceptors (Lipinski definition) is 4. The number of ether oxygens (including phenoxy) is 1. The lowest BCUT2D eigenvalue weighted by Crippen LogP contribution is -2.32. The van der Waals surface area contributed by atoms with Crippen molar-refractivity contribution in [2.24, 2.45) is 5.10 Å². The Bertz CT molecular complexity index is 477. The van der Waals surface area contributed by atoms with Crippen molar-refractivity contribution in [3.63, 3.8) is 0 Å². The van der Waals surface area contributed by atoms with Crippen LogP contribution >= 0.6 is 0 Å². The van der Waals surface area contributed by atoms with E-state index in [4.69, 9.17) is 4.74 Å². The van der Waals surface area contributed by atoms with Crippen molar-refractivity contribution in [1.29, 1.82) is 0 Å². The third-order valence-corrected chi connectivity index (χ3v) is 3.32. The second-order valence-electron chi connectivity index (χ2n) is 4.67. The molecule has 88 valence electrons. The topological polar surface area (TPSA) is 54.0 Å². The molecule has 4 nitrogen and oxygen atoms in total. The van der Waals surface area contributed by atoms with E-state index in [0.29, 0.717) is 18.9 Å². The number of nitrogens with one attached hydrogen (secondary N) is 1. The Kier molecular flexibility index (Phi) is 2.26. The summed E-state index contributed by atoms with van der Waals surface area (Å²) in [6.07, 6.45) is 0. The molecule has 0 amide bonds. The highest BCUT2D eigenvalue weighted by atomic mass is 16.6. The standard InChI is InChI=1S/C13H14N2O2/c1-13(8-17-13)12(16)11-10(7-14-15-11)9-5-3-2-4-6-9/h2-6,10,14H,7-8H2,1H3/t10-,13-/m0/s1. The minimum Gasteiger partial charge on any atom is -0.361 e. The maximum Gasteiger partial charge on any atom is 0.213 e.